The van der Waals surface area contributed by atoms with Crippen molar-refractivity contribution in [2.24, 2.45) is 35.5 Å². The average Bonchev–Trinajstić information content (AvgIpc) is 2.57. The lowest BCUT2D eigenvalue weighted by Crippen LogP contribution is -2.12. The summed E-state index contributed by atoms with van der Waals surface area (Å²) in [5.41, 5.74) is 0. The maximum absolute atomic E-state index is 2.46. The SMILES string of the molecule is CCC1C(C)CC2C(C(C)C)C12. The molecule has 5 unspecified atom stereocenters. The van der Waals surface area contributed by atoms with Gasteiger partial charge in [0, 0.05) is 0 Å². The van der Waals surface area contributed by atoms with E-state index in [1.807, 2.05) is 0 Å². The molecule has 0 aromatic heterocycles. The Bertz CT molecular complexity index is 171. The van der Waals surface area contributed by atoms with Gasteiger partial charge in [0.2, 0.25) is 0 Å². The molecule has 0 amide bonds. The molecule has 0 aromatic rings. The van der Waals surface area contributed by atoms with Crippen molar-refractivity contribution < 1.29 is 0 Å². The molecule has 0 aliphatic heterocycles. The number of hydrogen-bond acceptors (Lipinski definition) is 0. The Kier molecular flexibility index (Phi) is 1.97. The molecule has 0 radical (unpaired) electrons. The lowest BCUT2D eigenvalue weighted by atomic mass is 9.85. The van der Waals surface area contributed by atoms with Crippen molar-refractivity contribution in [3.63, 3.8) is 0 Å². The zero-order valence-electron chi connectivity index (χ0n) is 8.88. The molecule has 0 saturated heterocycles. The summed E-state index contributed by atoms with van der Waals surface area (Å²) >= 11 is 0. The van der Waals surface area contributed by atoms with E-state index in [1.165, 1.54) is 12.8 Å². The molecule has 0 heteroatoms. The second-order valence-electron chi connectivity index (χ2n) is 5.35. The molecule has 0 heterocycles. The standard InChI is InChI=1S/C12H22/c1-5-9-8(4)6-10-11(7(2)3)12(9)10/h7-12H,5-6H2,1-4H3. The molecule has 0 bridgehead atoms. The van der Waals surface area contributed by atoms with E-state index < -0.39 is 0 Å². The Morgan fingerprint density at radius 1 is 1.33 bits per heavy atom. The zero-order chi connectivity index (χ0) is 8.88. The molecule has 2 fully saturated rings. The fourth-order valence-corrected chi connectivity index (χ4v) is 3.94. The minimum absolute atomic E-state index is 0.946. The summed E-state index contributed by atoms with van der Waals surface area (Å²) in [5.74, 6) is 6.41. The Morgan fingerprint density at radius 2 is 2.00 bits per heavy atom. The highest BCUT2D eigenvalue weighted by molar-refractivity contribution is 5.07. The van der Waals surface area contributed by atoms with Gasteiger partial charge in [-0.2, -0.15) is 0 Å². The molecule has 0 N–H and O–H groups in total. The maximum Gasteiger partial charge on any atom is -0.0318 e. The van der Waals surface area contributed by atoms with E-state index in [0.29, 0.717) is 0 Å². The summed E-state index contributed by atoms with van der Waals surface area (Å²) in [7, 11) is 0. The molecule has 70 valence electrons. The third-order valence-corrected chi connectivity index (χ3v) is 4.40. The minimum atomic E-state index is 0.946. The van der Waals surface area contributed by atoms with Gasteiger partial charge in [0.25, 0.3) is 0 Å². The molecule has 12 heavy (non-hydrogen) atoms. The molecular weight excluding hydrogens is 144 g/mol. The van der Waals surface area contributed by atoms with Crippen molar-refractivity contribution in [3.8, 4) is 0 Å². The highest BCUT2D eigenvalue weighted by Gasteiger charge is 2.60. The van der Waals surface area contributed by atoms with Gasteiger partial charge in [-0.25, -0.2) is 0 Å². The quantitative estimate of drug-likeness (QED) is 0.588. The normalized spacial score (nSPS) is 51.2. The molecule has 2 aliphatic carbocycles. The van der Waals surface area contributed by atoms with Crippen molar-refractivity contribution in [1.29, 1.82) is 0 Å². The van der Waals surface area contributed by atoms with Gasteiger partial charge in [-0.3, -0.25) is 0 Å². The van der Waals surface area contributed by atoms with Crippen LogP contribution in [0.25, 0.3) is 0 Å². The Morgan fingerprint density at radius 3 is 2.50 bits per heavy atom. The Labute approximate surface area is 76.7 Å². The van der Waals surface area contributed by atoms with Crippen molar-refractivity contribution in [2.45, 2.75) is 40.5 Å². The monoisotopic (exact) mass is 166 g/mol. The van der Waals surface area contributed by atoms with Crippen LogP contribution in [0.4, 0.5) is 0 Å². The minimum Gasteiger partial charge on any atom is -0.0651 e. The molecule has 0 aromatic carbocycles. The van der Waals surface area contributed by atoms with Gasteiger partial charge in [-0.05, 0) is 41.9 Å². The van der Waals surface area contributed by atoms with Crippen LogP contribution in [0.2, 0.25) is 0 Å². The van der Waals surface area contributed by atoms with Crippen LogP contribution >= 0.6 is 0 Å². The van der Waals surface area contributed by atoms with Crippen LogP contribution in [0.3, 0.4) is 0 Å². The molecular formula is C12H22. The van der Waals surface area contributed by atoms with E-state index in [2.05, 4.69) is 27.7 Å². The van der Waals surface area contributed by atoms with E-state index in [1.54, 1.807) is 0 Å². The molecule has 2 saturated carbocycles. The number of hydrogen-bond donors (Lipinski definition) is 0. The van der Waals surface area contributed by atoms with Crippen molar-refractivity contribution in [2.75, 3.05) is 0 Å². The van der Waals surface area contributed by atoms with E-state index >= 15 is 0 Å². The lowest BCUT2D eigenvalue weighted by Gasteiger charge is -2.20. The van der Waals surface area contributed by atoms with Gasteiger partial charge in [0.05, 0.1) is 0 Å². The first kappa shape index (κ1) is 8.59. The van der Waals surface area contributed by atoms with Crippen LogP contribution in [-0.4, -0.2) is 0 Å². The summed E-state index contributed by atoms with van der Waals surface area (Å²) in [5, 5.41) is 0. The lowest BCUT2D eigenvalue weighted by molar-refractivity contribution is 0.292. The molecule has 0 nitrogen and oxygen atoms in total. The summed E-state index contributed by atoms with van der Waals surface area (Å²) < 4.78 is 0. The summed E-state index contributed by atoms with van der Waals surface area (Å²) in [6.45, 7) is 9.64. The largest absolute Gasteiger partial charge is 0.0651 e. The predicted octanol–water partition coefficient (Wildman–Crippen LogP) is 3.57. The van der Waals surface area contributed by atoms with E-state index in [4.69, 9.17) is 0 Å². The number of fused-ring (bicyclic) bond motifs is 1. The van der Waals surface area contributed by atoms with Crippen LogP contribution in [-0.2, 0) is 0 Å². The number of rotatable bonds is 2. The highest BCUT2D eigenvalue weighted by Crippen LogP contribution is 2.65. The predicted molar refractivity (Wildman–Crippen MR) is 52.9 cm³/mol. The average molecular weight is 166 g/mol. The van der Waals surface area contributed by atoms with Crippen LogP contribution in [0.15, 0.2) is 0 Å². The van der Waals surface area contributed by atoms with Crippen LogP contribution < -0.4 is 0 Å². The zero-order valence-corrected chi connectivity index (χ0v) is 8.88. The topological polar surface area (TPSA) is 0 Å². The van der Waals surface area contributed by atoms with Crippen LogP contribution in [0.5, 0.6) is 0 Å². The third-order valence-electron chi connectivity index (χ3n) is 4.40. The Balaban J connectivity index is 2.00. The summed E-state index contributed by atoms with van der Waals surface area (Å²) in [6, 6.07) is 0. The van der Waals surface area contributed by atoms with Gasteiger partial charge in [-0.15, -0.1) is 0 Å². The summed E-state index contributed by atoms with van der Waals surface area (Å²) in [4.78, 5) is 0. The van der Waals surface area contributed by atoms with Crippen molar-refractivity contribution >= 4 is 0 Å². The maximum atomic E-state index is 2.46. The first-order valence-corrected chi connectivity index (χ1v) is 5.66. The van der Waals surface area contributed by atoms with Gasteiger partial charge in [-0.1, -0.05) is 34.1 Å². The molecule has 2 rings (SSSR count). The van der Waals surface area contributed by atoms with Gasteiger partial charge < -0.3 is 0 Å². The first-order chi connectivity index (χ1) is 5.66. The molecule has 5 atom stereocenters. The van der Waals surface area contributed by atoms with Gasteiger partial charge in [0.1, 0.15) is 0 Å². The second kappa shape index (κ2) is 2.75. The van der Waals surface area contributed by atoms with Crippen molar-refractivity contribution in [3.05, 3.63) is 0 Å². The van der Waals surface area contributed by atoms with Gasteiger partial charge >= 0.3 is 0 Å². The van der Waals surface area contributed by atoms with Crippen molar-refractivity contribution in [1.82, 2.24) is 0 Å². The Hall–Kier alpha value is 0. The van der Waals surface area contributed by atoms with E-state index in [0.717, 1.165) is 35.5 Å². The van der Waals surface area contributed by atoms with Crippen LogP contribution in [0, 0.1) is 35.5 Å². The fraction of sp³-hybridized carbons (Fsp3) is 1.00. The smallest absolute Gasteiger partial charge is 0.0318 e. The molecule has 2 aliphatic rings. The van der Waals surface area contributed by atoms with Gasteiger partial charge in [0.15, 0.2) is 0 Å². The molecule has 0 spiro atoms. The van der Waals surface area contributed by atoms with E-state index in [9.17, 15) is 0 Å². The first-order valence-electron chi connectivity index (χ1n) is 5.66. The summed E-state index contributed by atoms with van der Waals surface area (Å²) in [6.07, 6.45) is 2.96. The highest BCUT2D eigenvalue weighted by atomic mass is 14.6. The fourth-order valence-electron chi connectivity index (χ4n) is 3.94. The van der Waals surface area contributed by atoms with Crippen LogP contribution in [0.1, 0.15) is 40.5 Å². The van der Waals surface area contributed by atoms with E-state index in [-0.39, 0.29) is 0 Å². The third kappa shape index (κ3) is 1.03. The second-order valence-corrected chi connectivity index (χ2v) is 5.35.